The molecule has 0 spiro atoms. The molecule has 0 saturated heterocycles. The standard InChI is InChI=1S/C25H15FN4O4S2/c26-17-9-11-21-22(14-17)36-25(28-21)29(27-15-20-10-12-23(35-20)30(32)33)24(31)16-5-4-8-19(13-16)34-18-6-2-1-3-7-18/h1-15H/b27-15+. The van der Waals surface area contributed by atoms with E-state index in [1.54, 1.807) is 36.4 Å². The SMILES string of the molecule is O=C(c1cccc(Oc2ccccc2)c1)N(/N=C/c1ccc([N+](=O)[O-])s1)c1nc2ccc(F)cc2s1. The number of hydrazone groups is 1. The van der Waals surface area contributed by atoms with Gasteiger partial charge in [0.1, 0.15) is 17.3 Å². The van der Waals surface area contributed by atoms with Gasteiger partial charge in [0.05, 0.1) is 26.2 Å². The highest BCUT2D eigenvalue weighted by molar-refractivity contribution is 7.22. The van der Waals surface area contributed by atoms with Crippen molar-refractivity contribution in [3.05, 3.63) is 111 Å². The van der Waals surface area contributed by atoms with Gasteiger partial charge >= 0.3 is 5.00 Å². The molecular weight excluding hydrogens is 503 g/mol. The second-order valence-electron chi connectivity index (χ2n) is 7.35. The van der Waals surface area contributed by atoms with Crippen LogP contribution in [0.5, 0.6) is 11.5 Å². The van der Waals surface area contributed by atoms with Crippen molar-refractivity contribution in [1.29, 1.82) is 0 Å². The number of halogens is 1. The summed E-state index contributed by atoms with van der Waals surface area (Å²) in [5, 5.41) is 16.6. The third-order valence-electron chi connectivity index (χ3n) is 4.87. The number of carbonyl (C=O) groups excluding carboxylic acids is 1. The van der Waals surface area contributed by atoms with E-state index in [2.05, 4.69) is 10.1 Å². The maximum Gasteiger partial charge on any atom is 0.324 e. The van der Waals surface area contributed by atoms with Crippen LogP contribution in [0.2, 0.25) is 0 Å². The largest absolute Gasteiger partial charge is 0.457 e. The van der Waals surface area contributed by atoms with E-state index in [-0.39, 0.29) is 15.7 Å². The molecule has 178 valence electrons. The summed E-state index contributed by atoms with van der Waals surface area (Å²) in [5.74, 6) is 0.145. The van der Waals surface area contributed by atoms with E-state index in [9.17, 15) is 19.3 Å². The molecule has 0 unspecified atom stereocenters. The number of nitrogens with zero attached hydrogens (tertiary/aromatic N) is 4. The van der Waals surface area contributed by atoms with Crippen LogP contribution in [0.4, 0.5) is 14.5 Å². The number of thiazole rings is 1. The Labute approximate surface area is 211 Å². The number of hydrogen-bond acceptors (Lipinski definition) is 8. The predicted octanol–water partition coefficient (Wildman–Crippen LogP) is 6.88. The molecule has 11 heteroatoms. The first-order valence-corrected chi connectivity index (χ1v) is 12.1. The molecule has 0 atom stereocenters. The summed E-state index contributed by atoms with van der Waals surface area (Å²) in [5.41, 5.74) is 0.792. The lowest BCUT2D eigenvalue weighted by molar-refractivity contribution is -0.380. The zero-order valence-electron chi connectivity index (χ0n) is 18.3. The van der Waals surface area contributed by atoms with Gasteiger partial charge in [-0.15, -0.1) is 0 Å². The van der Waals surface area contributed by atoms with Gasteiger partial charge in [0.2, 0.25) is 5.13 Å². The quantitative estimate of drug-likeness (QED) is 0.133. The molecule has 3 aromatic carbocycles. The Morgan fingerprint density at radius 3 is 2.58 bits per heavy atom. The second kappa shape index (κ2) is 10.0. The summed E-state index contributed by atoms with van der Waals surface area (Å²) < 4.78 is 20.1. The maximum atomic E-state index is 13.7. The number of ether oxygens (including phenoxy) is 1. The molecule has 1 amide bonds. The van der Waals surface area contributed by atoms with Crippen LogP contribution in [-0.2, 0) is 0 Å². The number of nitro groups is 1. The average molecular weight is 519 g/mol. The first-order valence-electron chi connectivity index (χ1n) is 10.5. The van der Waals surface area contributed by atoms with E-state index in [0.717, 1.165) is 27.7 Å². The minimum atomic E-state index is -0.504. The van der Waals surface area contributed by atoms with E-state index in [4.69, 9.17) is 4.74 Å². The van der Waals surface area contributed by atoms with Gasteiger partial charge in [-0.05, 0) is 54.6 Å². The molecule has 0 radical (unpaired) electrons. The van der Waals surface area contributed by atoms with Crippen LogP contribution in [0.3, 0.4) is 0 Å². The van der Waals surface area contributed by atoms with Crippen molar-refractivity contribution >= 4 is 55.1 Å². The Morgan fingerprint density at radius 1 is 1.00 bits per heavy atom. The smallest absolute Gasteiger partial charge is 0.324 e. The van der Waals surface area contributed by atoms with Gasteiger partial charge in [-0.25, -0.2) is 9.37 Å². The van der Waals surface area contributed by atoms with Crippen LogP contribution in [0, 0.1) is 15.9 Å². The minimum absolute atomic E-state index is 0.0458. The predicted molar refractivity (Wildman–Crippen MR) is 138 cm³/mol. The van der Waals surface area contributed by atoms with Gasteiger partial charge in [-0.2, -0.15) is 10.1 Å². The van der Waals surface area contributed by atoms with Gasteiger partial charge in [-0.3, -0.25) is 14.9 Å². The number of benzene rings is 3. The Balaban J connectivity index is 1.50. The van der Waals surface area contributed by atoms with Crippen LogP contribution in [0.1, 0.15) is 15.2 Å². The van der Waals surface area contributed by atoms with Crippen LogP contribution >= 0.6 is 22.7 Å². The highest BCUT2D eigenvalue weighted by Crippen LogP contribution is 2.32. The number of aromatic nitrogens is 1. The van der Waals surface area contributed by atoms with E-state index in [0.29, 0.717) is 26.6 Å². The molecule has 36 heavy (non-hydrogen) atoms. The number of hydrogen-bond donors (Lipinski definition) is 0. The molecule has 0 fully saturated rings. The van der Waals surface area contributed by atoms with Crippen LogP contribution < -0.4 is 9.75 Å². The molecule has 0 aliphatic carbocycles. The lowest BCUT2D eigenvalue weighted by Crippen LogP contribution is -2.25. The Kier molecular flexibility index (Phi) is 6.48. The summed E-state index contributed by atoms with van der Waals surface area (Å²) in [7, 11) is 0. The van der Waals surface area contributed by atoms with Crippen molar-refractivity contribution in [3.63, 3.8) is 0 Å². The van der Waals surface area contributed by atoms with E-state index >= 15 is 0 Å². The number of carbonyl (C=O) groups is 1. The van der Waals surface area contributed by atoms with Crippen molar-refractivity contribution < 1.29 is 18.8 Å². The molecule has 0 bridgehead atoms. The van der Waals surface area contributed by atoms with Crippen molar-refractivity contribution in [2.45, 2.75) is 0 Å². The molecule has 0 N–H and O–H groups in total. The second-order valence-corrected chi connectivity index (χ2v) is 9.45. The summed E-state index contributed by atoms with van der Waals surface area (Å²) >= 11 is 2.02. The number of para-hydroxylation sites is 1. The third-order valence-corrected chi connectivity index (χ3v) is 6.83. The zero-order chi connectivity index (χ0) is 25.1. The van der Waals surface area contributed by atoms with Crippen LogP contribution in [0.15, 0.2) is 90.0 Å². The molecule has 2 aromatic heterocycles. The number of thiophene rings is 1. The fourth-order valence-electron chi connectivity index (χ4n) is 3.23. The molecule has 2 heterocycles. The van der Waals surface area contributed by atoms with Gasteiger partial charge in [0.25, 0.3) is 5.91 Å². The molecule has 0 aliphatic heterocycles. The van der Waals surface area contributed by atoms with Crippen LogP contribution in [0.25, 0.3) is 10.2 Å². The number of rotatable bonds is 7. The fourth-order valence-corrected chi connectivity index (χ4v) is 4.86. The lowest BCUT2D eigenvalue weighted by atomic mass is 10.2. The maximum absolute atomic E-state index is 13.7. The average Bonchev–Trinajstić information content (AvgIpc) is 3.52. The molecular formula is C25H15FN4O4S2. The summed E-state index contributed by atoms with van der Waals surface area (Å²) in [4.78, 5) is 29.0. The molecule has 8 nitrogen and oxygen atoms in total. The van der Waals surface area contributed by atoms with Crippen LogP contribution in [-0.4, -0.2) is 22.0 Å². The fraction of sp³-hybridized carbons (Fsp3) is 0. The van der Waals surface area contributed by atoms with E-state index in [1.165, 1.54) is 36.5 Å². The molecule has 5 rings (SSSR count). The summed E-state index contributed by atoms with van der Waals surface area (Å²) in [6, 6.07) is 22.8. The summed E-state index contributed by atoms with van der Waals surface area (Å²) in [6.45, 7) is 0. The highest BCUT2D eigenvalue weighted by Gasteiger charge is 2.22. The summed E-state index contributed by atoms with van der Waals surface area (Å²) in [6.07, 6.45) is 1.35. The monoisotopic (exact) mass is 518 g/mol. The van der Waals surface area contributed by atoms with E-state index in [1.807, 2.05) is 18.2 Å². The van der Waals surface area contributed by atoms with E-state index < -0.39 is 16.6 Å². The minimum Gasteiger partial charge on any atom is -0.457 e. The van der Waals surface area contributed by atoms with Crippen molar-refractivity contribution in [2.75, 3.05) is 5.01 Å². The van der Waals surface area contributed by atoms with Crippen molar-refractivity contribution in [3.8, 4) is 11.5 Å². The number of fused-ring (bicyclic) bond motifs is 1. The Hall–Kier alpha value is -4.48. The van der Waals surface area contributed by atoms with Gasteiger partial charge in [0.15, 0.2) is 0 Å². The normalized spacial score (nSPS) is 11.1. The Bertz CT molecular complexity index is 1600. The lowest BCUT2D eigenvalue weighted by Gasteiger charge is -2.14. The topological polar surface area (TPSA) is 97.9 Å². The first kappa shape index (κ1) is 23.3. The van der Waals surface area contributed by atoms with Crippen molar-refractivity contribution in [2.24, 2.45) is 5.10 Å². The number of anilines is 1. The first-order chi connectivity index (χ1) is 17.5. The zero-order valence-corrected chi connectivity index (χ0v) is 19.9. The highest BCUT2D eigenvalue weighted by atomic mass is 32.1. The third kappa shape index (κ3) is 5.11. The number of amides is 1. The molecule has 0 aliphatic rings. The molecule has 0 saturated carbocycles. The van der Waals surface area contributed by atoms with Gasteiger partial charge in [-0.1, -0.05) is 46.9 Å². The van der Waals surface area contributed by atoms with Gasteiger partial charge < -0.3 is 4.74 Å². The Morgan fingerprint density at radius 2 is 1.81 bits per heavy atom. The van der Waals surface area contributed by atoms with Crippen molar-refractivity contribution in [1.82, 2.24) is 4.98 Å². The van der Waals surface area contributed by atoms with Gasteiger partial charge in [0, 0.05) is 11.6 Å². The molecule has 5 aromatic rings.